The van der Waals surface area contributed by atoms with Crippen LogP contribution in [0.25, 0.3) is 0 Å². The van der Waals surface area contributed by atoms with Gasteiger partial charge in [0, 0.05) is 18.4 Å². The molecule has 0 spiro atoms. The predicted molar refractivity (Wildman–Crippen MR) is 83.7 cm³/mol. The molecule has 21 heavy (non-hydrogen) atoms. The van der Waals surface area contributed by atoms with E-state index in [0.29, 0.717) is 12.3 Å². The number of hydrogen-bond donors (Lipinski definition) is 2. The molecule has 0 amide bonds. The molecule has 2 aromatic rings. The number of rotatable bonds is 3. The fraction of sp³-hybridized carbons (Fsp3) is 0.412. The van der Waals surface area contributed by atoms with Crippen molar-refractivity contribution in [3.8, 4) is 0 Å². The third kappa shape index (κ3) is 3.39. The van der Waals surface area contributed by atoms with E-state index in [9.17, 15) is 4.79 Å². The zero-order chi connectivity index (χ0) is 14.7. The fourth-order valence-electron chi connectivity index (χ4n) is 2.93. The van der Waals surface area contributed by atoms with E-state index in [0.717, 1.165) is 37.4 Å². The summed E-state index contributed by atoms with van der Waals surface area (Å²) < 4.78 is 0. The first-order chi connectivity index (χ1) is 10.2. The van der Waals surface area contributed by atoms with Crippen LogP contribution in [0.5, 0.6) is 0 Å². The number of aryl methyl sites for hydroxylation is 1. The first-order valence-electron chi connectivity index (χ1n) is 7.58. The van der Waals surface area contributed by atoms with Crippen molar-refractivity contribution < 1.29 is 0 Å². The normalized spacial score (nSPS) is 16.0. The molecule has 1 aromatic heterocycles. The Kier molecular flexibility index (Phi) is 4.15. The third-order valence-electron chi connectivity index (χ3n) is 4.19. The monoisotopic (exact) mass is 283 g/mol. The van der Waals surface area contributed by atoms with Crippen LogP contribution in [0.15, 0.2) is 35.1 Å². The molecule has 0 unspecified atom stereocenters. The van der Waals surface area contributed by atoms with Crippen molar-refractivity contribution in [3.63, 3.8) is 0 Å². The largest absolute Gasteiger partial charge is 0.317 e. The molecule has 1 aliphatic rings. The van der Waals surface area contributed by atoms with E-state index in [1.807, 2.05) is 12.1 Å². The lowest BCUT2D eigenvalue weighted by molar-refractivity contribution is 0.451. The van der Waals surface area contributed by atoms with Crippen molar-refractivity contribution in [1.82, 2.24) is 15.3 Å². The summed E-state index contributed by atoms with van der Waals surface area (Å²) in [6, 6.07) is 9.89. The maximum absolute atomic E-state index is 11.9. The van der Waals surface area contributed by atoms with Gasteiger partial charge in [-0.15, -0.1) is 0 Å². The van der Waals surface area contributed by atoms with Crippen molar-refractivity contribution in [1.29, 1.82) is 0 Å². The lowest BCUT2D eigenvalue weighted by Crippen LogP contribution is -2.28. The number of hydrogen-bond acceptors (Lipinski definition) is 3. The van der Waals surface area contributed by atoms with Crippen LogP contribution in [0.2, 0.25) is 0 Å². The first kappa shape index (κ1) is 14.0. The molecule has 110 valence electrons. The van der Waals surface area contributed by atoms with Gasteiger partial charge >= 0.3 is 0 Å². The standard InChI is InChI=1S/C17H21N3O/c1-12-4-2-3-5-14(12)10-16-19-15(11-17(21)20-16)13-6-8-18-9-7-13/h2-5,11,13,18H,6-10H2,1H3,(H,19,20,21). The van der Waals surface area contributed by atoms with E-state index in [2.05, 4.69) is 29.4 Å². The second-order valence-electron chi connectivity index (χ2n) is 5.74. The molecule has 2 heterocycles. The van der Waals surface area contributed by atoms with E-state index in [1.165, 1.54) is 11.1 Å². The molecule has 1 aliphatic heterocycles. The molecule has 0 saturated carbocycles. The molecule has 3 rings (SSSR count). The Morgan fingerprint density at radius 1 is 1.24 bits per heavy atom. The zero-order valence-electron chi connectivity index (χ0n) is 12.4. The number of nitrogens with one attached hydrogen (secondary N) is 2. The molecule has 1 fully saturated rings. The van der Waals surface area contributed by atoms with E-state index in [-0.39, 0.29) is 5.56 Å². The third-order valence-corrected chi connectivity index (χ3v) is 4.19. The minimum absolute atomic E-state index is 0.0397. The van der Waals surface area contributed by atoms with Gasteiger partial charge in [-0.1, -0.05) is 24.3 Å². The Morgan fingerprint density at radius 3 is 2.76 bits per heavy atom. The average molecular weight is 283 g/mol. The summed E-state index contributed by atoms with van der Waals surface area (Å²) in [4.78, 5) is 19.5. The Bertz CT molecular complexity index is 672. The number of piperidine rings is 1. The van der Waals surface area contributed by atoms with E-state index in [1.54, 1.807) is 6.07 Å². The lowest BCUT2D eigenvalue weighted by atomic mass is 9.94. The fourth-order valence-corrected chi connectivity index (χ4v) is 2.93. The predicted octanol–water partition coefficient (Wildman–Crippen LogP) is 2.14. The Labute approximate surface area is 124 Å². The Hall–Kier alpha value is -1.94. The molecule has 1 saturated heterocycles. The SMILES string of the molecule is Cc1ccccc1Cc1nc(C2CCNCC2)cc(=O)[nH]1. The number of nitrogens with zero attached hydrogens (tertiary/aromatic N) is 1. The zero-order valence-corrected chi connectivity index (χ0v) is 12.4. The van der Waals surface area contributed by atoms with Gasteiger partial charge < -0.3 is 10.3 Å². The van der Waals surface area contributed by atoms with Crippen LogP contribution in [-0.4, -0.2) is 23.1 Å². The van der Waals surface area contributed by atoms with E-state index < -0.39 is 0 Å². The smallest absolute Gasteiger partial charge is 0.251 e. The van der Waals surface area contributed by atoms with Crippen molar-refractivity contribution in [2.45, 2.75) is 32.1 Å². The summed E-state index contributed by atoms with van der Waals surface area (Å²) in [6.45, 7) is 4.10. The molecule has 0 aliphatic carbocycles. The summed E-state index contributed by atoms with van der Waals surface area (Å²) >= 11 is 0. The van der Waals surface area contributed by atoms with Crippen LogP contribution in [0.1, 0.15) is 41.4 Å². The Morgan fingerprint density at radius 2 is 2.00 bits per heavy atom. The van der Waals surface area contributed by atoms with Gasteiger partial charge in [-0.25, -0.2) is 4.98 Å². The number of H-pyrrole nitrogens is 1. The van der Waals surface area contributed by atoms with Gasteiger partial charge in [0.05, 0.1) is 5.69 Å². The number of aromatic amines is 1. The van der Waals surface area contributed by atoms with Gasteiger partial charge in [0.25, 0.3) is 5.56 Å². The molecular formula is C17H21N3O. The molecule has 0 radical (unpaired) electrons. The maximum atomic E-state index is 11.9. The van der Waals surface area contributed by atoms with Gasteiger partial charge in [-0.2, -0.15) is 0 Å². The molecule has 0 atom stereocenters. The summed E-state index contributed by atoms with van der Waals surface area (Å²) in [5.41, 5.74) is 3.35. The highest BCUT2D eigenvalue weighted by Gasteiger charge is 2.17. The minimum Gasteiger partial charge on any atom is -0.317 e. The number of aromatic nitrogens is 2. The van der Waals surface area contributed by atoms with E-state index >= 15 is 0 Å². The van der Waals surface area contributed by atoms with Crippen molar-refractivity contribution in [2.24, 2.45) is 0 Å². The van der Waals surface area contributed by atoms with E-state index in [4.69, 9.17) is 4.98 Å². The lowest BCUT2D eigenvalue weighted by Gasteiger charge is -2.22. The van der Waals surface area contributed by atoms with Gasteiger partial charge in [0.1, 0.15) is 5.82 Å². The van der Waals surface area contributed by atoms with Gasteiger partial charge in [-0.05, 0) is 44.0 Å². The van der Waals surface area contributed by atoms with Gasteiger partial charge in [-0.3, -0.25) is 4.79 Å². The summed E-state index contributed by atoms with van der Waals surface area (Å²) in [5, 5.41) is 3.35. The maximum Gasteiger partial charge on any atom is 0.251 e. The van der Waals surface area contributed by atoms with Crippen LogP contribution in [-0.2, 0) is 6.42 Å². The highest BCUT2D eigenvalue weighted by atomic mass is 16.1. The topological polar surface area (TPSA) is 57.8 Å². The van der Waals surface area contributed by atoms with Gasteiger partial charge in [0.15, 0.2) is 0 Å². The molecule has 2 N–H and O–H groups in total. The molecule has 4 heteroatoms. The quantitative estimate of drug-likeness (QED) is 0.907. The molecule has 1 aromatic carbocycles. The second-order valence-corrected chi connectivity index (χ2v) is 5.74. The molecule has 0 bridgehead atoms. The van der Waals surface area contributed by atoms with Crippen molar-refractivity contribution >= 4 is 0 Å². The molecule has 4 nitrogen and oxygen atoms in total. The van der Waals surface area contributed by atoms with Crippen LogP contribution < -0.4 is 10.9 Å². The average Bonchev–Trinajstić information content (AvgIpc) is 2.50. The summed E-state index contributed by atoms with van der Waals surface area (Å²) in [5.74, 6) is 1.18. The Balaban J connectivity index is 1.87. The highest BCUT2D eigenvalue weighted by Crippen LogP contribution is 2.22. The van der Waals surface area contributed by atoms with Gasteiger partial charge in [0.2, 0.25) is 0 Å². The van der Waals surface area contributed by atoms with Crippen molar-refractivity contribution in [2.75, 3.05) is 13.1 Å². The van der Waals surface area contributed by atoms with Crippen LogP contribution in [0.4, 0.5) is 0 Å². The van der Waals surface area contributed by atoms with Crippen LogP contribution in [0.3, 0.4) is 0 Å². The summed E-state index contributed by atoms with van der Waals surface area (Å²) in [6.07, 6.45) is 2.79. The highest BCUT2D eigenvalue weighted by molar-refractivity contribution is 5.28. The minimum atomic E-state index is -0.0397. The van der Waals surface area contributed by atoms with Crippen molar-refractivity contribution in [3.05, 3.63) is 63.3 Å². The first-order valence-corrected chi connectivity index (χ1v) is 7.58. The number of benzene rings is 1. The summed E-state index contributed by atoms with van der Waals surface area (Å²) in [7, 11) is 0. The van der Waals surface area contributed by atoms with Crippen LogP contribution in [0, 0.1) is 6.92 Å². The molecular weight excluding hydrogens is 262 g/mol. The van der Waals surface area contributed by atoms with Crippen LogP contribution >= 0.6 is 0 Å². The second kappa shape index (κ2) is 6.22.